The molecule has 6 nitrogen and oxygen atoms in total. The van der Waals surface area contributed by atoms with Gasteiger partial charge in [-0.25, -0.2) is 14.2 Å². The molecule has 3 rings (SSSR count). The molecule has 110 valence electrons. The van der Waals surface area contributed by atoms with Crippen molar-refractivity contribution in [2.75, 3.05) is 7.05 Å². The SMILES string of the molecule is CNC(Cc1ncnn1C(C)C)c1cnn2ccccc12. The molecule has 1 atom stereocenters. The topological polar surface area (TPSA) is 60.0 Å². The van der Waals surface area contributed by atoms with Crippen molar-refractivity contribution < 1.29 is 0 Å². The van der Waals surface area contributed by atoms with Gasteiger partial charge in [0.25, 0.3) is 0 Å². The lowest BCUT2D eigenvalue weighted by Gasteiger charge is -2.16. The average Bonchev–Trinajstić information content (AvgIpc) is 3.11. The summed E-state index contributed by atoms with van der Waals surface area (Å²) in [5.74, 6) is 0.986. The summed E-state index contributed by atoms with van der Waals surface area (Å²) in [5.41, 5.74) is 2.30. The van der Waals surface area contributed by atoms with Crippen LogP contribution in [0.5, 0.6) is 0 Å². The third-order valence-corrected chi connectivity index (χ3v) is 3.70. The number of pyridine rings is 1. The molecular formula is C15H20N6. The zero-order valence-corrected chi connectivity index (χ0v) is 12.6. The second kappa shape index (κ2) is 5.65. The molecule has 1 N–H and O–H groups in total. The Morgan fingerprint density at radius 1 is 1.24 bits per heavy atom. The van der Waals surface area contributed by atoms with Gasteiger partial charge in [0, 0.05) is 30.3 Å². The van der Waals surface area contributed by atoms with Gasteiger partial charge < -0.3 is 5.32 Å². The third kappa shape index (κ3) is 2.54. The van der Waals surface area contributed by atoms with Crippen molar-refractivity contribution in [3.8, 4) is 0 Å². The third-order valence-electron chi connectivity index (χ3n) is 3.70. The minimum Gasteiger partial charge on any atom is -0.313 e. The molecule has 0 spiro atoms. The molecule has 3 aromatic rings. The van der Waals surface area contributed by atoms with Crippen LogP contribution in [0.3, 0.4) is 0 Å². The molecule has 0 fully saturated rings. The van der Waals surface area contributed by atoms with Crippen molar-refractivity contribution in [2.45, 2.75) is 32.4 Å². The molecule has 0 aliphatic rings. The minimum absolute atomic E-state index is 0.159. The molecule has 0 bridgehead atoms. The van der Waals surface area contributed by atoms with Gasteiger partial charge in [-0.15, -0.1) is 0 Å². The highest BCUT2D eigenvalue weighted by atomic mass is 15.3. The summed E-state index contributed by atoms with van der Waals surface area (Å²) in [6, 6.07) is 6.56. The number of nitrogens with zero attached hydrogens (tertiary/aromatic N) is 5. The van der Waals surface area contributed by atoms with Gasteiger partial charge >= 0.3 is 0 Å². The van der Waals surface area contributed by atoms with E-state index in [0.29, 0.717) is 6.04 Å². The number of hydrogen-bond acceptors (Lipinski definition) is 4. The molecule has 3 aromatic heterocycles. The first-order valence-electron chi connectivity index (χ1n) is 7.18. The van der Waals surface area contributed by atoms with E-state index in [-0.39, 0.29) is 6.04 Å². The number of hydrogen-bond donors (Lipinski definition) is 1. The number of fused-ring (bicyclic) bond motifs is 1. The Kier molecular flexibility index (Phi) is 3.70. The summed E-state index contributed by atoms with van der Waals surface area (Å²) in [6.07, 6.45) is 6.29. The Morgan fingerprint density at radius 3 is 2.86 bits per heavy atom. The maximum atomic E-state index is 4.41. The first kappa shape index (κ1) is 13.8. The second-order valence-corrected chi connectivity index (χ2v) is 5.39. The predicted molar refractivity (Wildman–Crippen MR) is 81.1 cm³/mol. The standard InChI is InChI=1S/C15H20N6/c1-11(2)21-15(17-10-19-21)8-13(16-3)12-9-18-20-7-5-4-6-14(12)20/h4-7,9-11,13,16H,8H2,1-3H3. The van der Waals surface area contributed by atoms with Crippen LogP contribution in [0.15, 0.2) is 36.9 Å². The van der Waals surface area contributed by atoms with Gasteiger partial charge in [0.1, 0.15) is 12.2 Å². The highest BCUT2D eigenvalue weighted by Crippen LogP contribution is 2.22. The first-order valence-corrected chi connectivity index (χ1v) is 7.18. The van der Waals surface area contributed by atoms with Gasteiger partial charge in [-0.05, 0) is 33.0 Å². The van der Waals surface area contributed by atoms with Crippen LogP contribution in [0.1, 0.15) is 37.3 Å². The monoisotopic (exact) mass is 284 g/mol. The largest absolute Gasteiger partial charge is 0.313 e. The van der Waals surface area contributed by atoms with Crippen molar-refractivity contribution in [2.24, 2.45) is 0 Å². The Morgan fingerprint density at radius 2 is 2.10 bits per heavy atom. The summed E-state index contributed by atoms with van der Waals surface area (Å²) >= 11 is 0. The van der Waals surface area contributed by atoms with Gasteiger partial charge in [0.05, 0.1) is 11.7 Å². The lowest BCUT2D eigenvalue weighted by Crippen LogP contribution is -2.21. The van der Waals surface area contributed by atoms with Crippen molar-refractivity contribution in [1.29, 1.82) is 0 Å². The molecule has 21 heavy (non-hydrogen) atoms. The van der Waals surface area contributed by atoms with E-state index in [4.69, 9.17) is 0 Å². The van der Waals surface area contributed by atoms with E-state index in [2.05, 4.69) is 40.4 Å². The van der Waals surface area contributed by atoms with Crippen molar-refractivity contribution in [3.05, 3.63) is 48.3 Å². The molecule has 0 aromatic carbocycles. The molecule has 0 aliphatic carbocycles. The summed E-state index contributed by atoms with van der Waals surface area (Å²) in [4.78, 5) is 4.40. The quantitative estimate of drug-likeness (QED) is 0.778. The Labute approximate surface area is 123 Å². The zero-order chi connectivity index (χ0) is 14.8. The Balaban J connectivity index is 1.93. The maximum absolute atomic E-state index is 4.41. The van der Waals surface area contributed by atoms with Crippen LogP contribution in [0.25, 0.3) is 5.52 Å². The average molecular weight is 284 g/mol. The van der Waals surface area contributed by atoms with Crippen molar-refractivity contribution in [1.82, 2.24) is 29.7 Å². The maximum Gasteiger partial charge on any atom is 0.138 e. The van der Waals surface area contributed by atoms with E-state index in [0.717, 1.165) is 17.8 Å². The summed E-state index contributed by atoms with van der Waals surface area (Å²) in [7, 11) is 1.97. The molecule has 3 heterocycles. The minimum atomic E-state index is 0.159. The molecule has 0 aliphatic heterocycles. The van der Waals surface area contributed by atoms with E-state index in [1.165, 1.54) is 5.56 Å². The number of nitrogens with one attached hydrogen (secondary N) is 1. The van der Waals surface area contributed by atoms with Gasteiger partial charge in [-0.1, -0.05) is 6.07 Å². The number of aromatic nitrogens is 5. The van der Waals surface area contributed by atoms with Crippen LogP contribution in [-0.4, -0.2) is 31.4 Å². The van der Waals surface area contributed by atoms with E-state index in [1.54, 1.807) is 6.33 Å². The fourth-order valence-electron chi connectivity index (χ4n) is 2.62. The normalized spacial score (nSPS) is 13.1. The molecule has 0 amide bonds. The highest BCUT2D eigenvalue weighted by molar-refractivity contribution is 5.55. The Hall–Kier alpha value is -2.21. The molecule has 1 unspecified atom stereocenters. The molecule has 6 heteroatoms. The smallest absolute Gasteiger partial charge is 0.138 e. The highest BCUT2D eigenvalue weighted by Gasteiger charge is 2.18. The molecule has 0 saturated heterocycles. The van der Waals surface area contributed by atoms with E-state index >= 15 is 0 Å². The summed E-state index contributed by atoms with van der Waals surface area (Å²) in [6.45, 7) is 4.23. The van der Waals surface area contributed by atoms with Gasteiger partial charge in [-0.2, -0.15) is 10.2 Å². The molecular weight excluding hydrogens is 264 g/mol. The van der Waals surface area contributed by atoms with Crippen LogP contribution in [0.2, 0.25) is 0 Å². The fourth-order valence-corrected chi connectivity index (χ4v) is 2.62. The van der Waals surface area contributed by atoms with Crippen LogP contribution < -0.4 is 5.32 Å². The fraction of sp³-hybridized carbons (Fsp3) is 0.400. The number of likely N-dealkylation sites (N-methyl/N-ethyl adjacent to an activating group) is 1. The first-order chi connectivity index (χ1) is 10.2. The lowest BCUT2D eigenvalue weighted by atomic mass is 10.1. The van der Waals surface area contributed by atoms with E-state index < -0.39 is 0 Å². The molecule has 0 saturated carbocycles. The van der Waals surface area contributed by atoms with Gasteiger partial charge in [0.2, 0.25) is 0 Å². The van der Waals surface area contributed by atoms with Crippen LogP contribution in [-0.2, 0) is 6.42 Å². The summed E-state index contributed by atoms with van der Waals surface area (Å²) < 4.78 is 3.86. The van der Waals surface area contributed by atoms with Crippen LogP contribution in [0.4, 0.5) is 0 Å². The van der Waals surface area contributed by atoms with E-state index in [1.807, 2.05) is 40.8 Å². The zero-order valence-electron chi connectivity index (χ0n) is 12.6. The van der Waals surface area contributed by atoms with Crippen LogP contribution >= 0.6 is 0 Å². The Bertz CT molecular complexity index is 726. The molecule has 0 radical (unpaired) electrons. The van der Waals surface area contributed by atoms with Gasteiger partial charge in [0.15, 0.2) is 0 Å². The van der Waals surface area contributed by atoms with Gasteiger partial charge in [-0.3, -0.25) is 0 Å². The van der Waals surface area contributed by atoms with Crippen molar-refractivity contribution >= 4 is 5.52 Å². The lowest BCUT2D eigenvalue weighted by molar-refractivity contribution is 0.478. The summed E-state index contributed by atoms with van der Waals surface area (Å²) in [5, 5.41) is 12.1. The second-order valence-electron chi connectivity index (χ2n) is 5.39. The predicted octanol–water partition coefficient (Wildman–Crippen LogP) is 2.01. The number of rotatable bonds is 5. The van der Waals surface area contributed by atoms with E-state index in [9.17, 15) is 0 Å². The van der Waals surface area contributed by atoms with Crippen molar-refractivity contribution in [3.63, 3.8) is 0 Å². The van der Waals surface area contributed by atoms with Crippen LogP contribution in [0, 0.1) is 0 Å².